The first-order chi connectivity index (χ1) is 10.2. The van der Waals surface area contributed by atoms with Gasteiger partial charge in [-0.15, -0.1) is 0 Å². The number of methoxy groups -OCH3 is 2. The molecule has 0 aliphatic carbocycles. The number of pyridine rings is 1. The fourth-order valence-electron chi connectivity index (χ4n) is 1.69. The molecule has 0 saturated heterocycles. The molecule has 0 bridgehead atoms. The lowest BCUT2D eigenvalue weighted by molar-refractivity contribution is 0.102. The first-order valence-corrected chi connectivity index (χ1v) is 6.07. The lowest BCUT2D eigenvalue weighted by Gasteiger charge is -2.11. The number of nitrogens with one attached hydrogen (secondary N) is 1. The molecule has 0 radical (unpaired) electrons. The van der Waals surface area contributed by atoms with Crippen molar-refractivity contribution in [1.29, 1.82) is 5.26 Å². The number of benzene rings is 1. The minimum atomic E-state index is -0.338. The number of ether oxygens (including phenoxy) is 2. The molecule has 1 aromatic carbocycles. The van der Waals surface area contributed by atoms with Gasteiger partial charge in [0, 0.05) is 12.3 Å². The predicted octanol–water partition coefficient (Wildman–Crippen LogP) is 2.22. The number of anilines is 1. The second-order valence-corrected chi connectivity index (χ2v) is 4.06. The Labute approximate surface area is 121 Å². The van der Waals surface area contributed by atoms with E-state index in [-0.39, 0.29) is 11.6 Å². The average molecular weight is 283 g/mol. The molecule has 6 heteroatoms. The lowest BCUT2D eigenvalue weighted by Crippen LogP contribution is -2.13. The zero-order valence-electron chi connectivity index (χ0n) is 11.6. The van der Waals surface area contributed by atoms with Crippen LogP contribution in [-0.4, -0.2) is 25.1 Å². The summed E-state index contributed by atoms with van der Waals surface area (Å²) in [6.07, 6.45) is 1.35. The maximum Gasteiger partial charge on any atom is 0.257 e. The van der Waals surface area contributed by atoms with Gasteiger partial charge in [0.2, 0.25) is 0 Å². The molecular weight excluding hydrogens is 270 g/mol. The van der Waals surface area contributed by atoms with Crippen molar-refractivity contribution >= 4 is 11.6 Å². The van der Waals surface area contributed by atoms with Crippen LogP contribution in [0, 0.1) is 11.3 Å². The van der Waals surface area contributed by atoms with Crippen molar-refractivity contribution in [2.45, 2.75) is 0 Å². The summed E-state index contributed by atoms with van der Waals surface area (Å²) in [5, 5.41) is 11.4. The zero-order valence-corrected chi connectivity index (χ0v) is 11.6. The fourth-order valence-corrected chi connectivity index (χ4v) is 1.69. The molecule has 6 nitrogen and oxygen atoms in total. The van der Waals surface area contributed by atoms with Gasteiger partial charge in [0.25, 0.3) is 5.91 Å². The third-order valence-electron chi connectivity index (χ3n) is 2.80. The van der Waals surface area contributed by atoms with E-state index in [9.17, 15) is 4.79 Å². The normalized spacial score (nSPS) is 9.57. The molecule has 0 unspecified atom stereocenters. The Morgan fingerprint density at radius 2 is 2.05 bits per heavy atom. The topological polar surface area (TPSA) is 84.2 Å². The summed E-state index contributed by atoms with van der Waals surface area (Å²) in [5.41, 5.74) is 1.13. The Morgan fingerprint density at radius 3 is 2.62 bits per heavy atom. The first kappa shape index (κ1) is 14.3. The molecule has 2 aromatic rings. The van der Waals surface area contributed by atoms with Gasteiger partial charge in [-0.3, -0.25) is 4.79 Å². The van der Waals surface area contributed by atoms with Crippen LogP contribution in [0.1, 0.15) is 16.1 Å². The molecular formula is C15H13N3O3. The van der Waals surface area contributed by atoms with Crippen LogP contribution in [0.15, 0.2) is 36.5 Å². The number of nitriles is 1. The second-order valence-electron chi connectivity index (χ2n) is 4.06. The number of nitrogens with zero attached hydrogens (tertiary/aromatic N) is 2. The van der Waals surface area contributed by atoms with E-state index in [0.29, 0.717) is 22.7 Å². The Kier molecular flexibility index (Phi) is 4.36. The highest BCUT2D eigenvalue weighted by molar-refractivity contribution is 6.04. The van der Waals surface area contributed by atoms with Crippen LogP contribution in [0.2, 0.25) is 0 Å². The van der Waals surface area contributed by atoms with Crippen LogP contribution < -0.4 is 14.8 Å². The minimum absolute atomic E-state index is 0.258. The van der Waals surface area contributed by atoms with E-state index in [2.05, 4.69) is 10.3 Å². The van der Waals surface area contributed by atoms with Crippen LogP contribution in [0.25, 0.3) is 0 Å². The molecule has 0 aliphatic heterocycles. The van der Waals surface area contributed by atoms with Crippen molar-refractivity contribution in [2.24, 2.45) is 0 Å². The monoisotopic (exact) mass is 283 g/mol. The number of carbonyl (C=O) groups excluding carboxylic acids is 1. The Morgan fingerprint density at radius 1 is 1.24 bits per heavy atom. The highest BCUT2D eigenvalue weighted by atomic mass is 16.5. The van der Waals surface area contributed by atoms with E-state index in [4.69, 9.17) is 14.7 Å². The molecule has 1 amide bonds. The molecule has 0 fully saturated rings. The van der Waals surface area contributed by atoms with Gasteiger partial charge >= 0.3 is 0 Å². The second kappa shape index (κ2) is 6.39. The summed E-state index contributed by atoms with van der Waals surface area (Å²) < 4.78 is 10.3. The van der Waals surface area contributed by atoms with Crippen LogP contribution in [-0.2, 0) is 0 Å². The fraction of sp³-hybridized carbons (Fsp3) is 0.133. The van der Waals surface area contributed by atoms with Gasteiger partial charge in [0.05, 0.1) is 25.5 Å². The quantitative estimate of drug-likeness (QED) is 0.930. The van der Waals surface area contributed by atoms with Gasteiger partial charge in [-0.2, -0.15) is 5.26 Å². The standard InChI is InChI=1S/C15H13N3O3/c1-20-12-5-6-13(14(7-12)21-2)18-15(19)10-3-4-11(8-16)17-9-10/h3-7,9H,1-2H3,(H,18,19). The summed E-state index contributed by atoms with van der Waals surface area (Å²) in [4.78, 5) is 16.0. The molecule has 21 heavy (non-hydrogen) atoms. The Hall–Kier alpha value is -3.07. The maximum absolute atomic E-state index is 12.1. The maximum atomic E-state index is 12.1. The summed E-state index contributed by atoms with van der Waals surface area (Å²) in [6.45, 7) is 0. The minimum Gasteiger partial charge on any atom is -0.497 e. The molecule has 1 heterocycles. The Bertz CT molecular complexity index is 690. The van der Waals surface area contributed by atoms with Gasteiger partial charge in [0.15, 0.2) is 0 Å². The number of hydrogen-bond donors (Lipinski definition) is 1. The number of amides is 1. The van der Waals surface area contributed by atoms with Gasteiger partial charge in [-0.25, -0.2) is 4.98 Å². The van der Waals surface area contributed by atoms with Crippen molar-refractivity contribution in [1.82, 2.24) is 4.98 Å². The molecule has 0 atom stereocenters. The molecule has 1 aromatic heterocycles. The molecule has 2 rings (SSSR count). The molecule has 0 spiro atoms. The lowest BCUT2D eigenvalue weighted by atomic mass is 10.2. The smallest absolute Gasteiger partial charge is 0.257 e. The van der Waals surface area contributed by atoms with E-state index in [1.54, 1.807) is 25.3 Å². The predicted molar refractivity (Wildman–Crippen MR) is 76.5 cm³/mol. The molecule has 0 saturated carbocycles. The van der Waals surface area contributed by atoms with E-state index < -0.39 is 0 Å². The average Bonchev–Trinajstić information content (AvgIpc) is 2.55. The zero-order chi connectivity index (χ0) is 15.2. The summed E-state index contributed by atoms with van der Waals surface area (Å²) in [5.74, 6) is 0.782. The van der Waals surface area contributed by atoms with Crippen LogP contribution in [0.4, 0.5) is 5.69 Å². The van der Waals surface area contributed by atoms with Gasteiger partial charge in [-0.05, 0) is 24.3 Å². The van der Waals surface area contributed by atoms with E-state index in [1.165, 1.54) is 25.4 Å². The van der Waals surface area contributed by atoms with E-state index in [0.717, 1.165) is 0 Å². The van der Waals surface area contributed by atoms with Crippen molar-refractivity contribution in [2.75, 3.05) is 19.5 Å². The highest BCUT2D eigenvalue weighted by Gasteiger charge is 2.11. The van der Waals surface area contributed by atoms with Gasteiger partial charge in [-0.1, -0.05) is 0 Å². The third kappa shape index (κ3) is 3.28. The molecule has 106 valence electrons. The number of rotatable bonds is 4. The number of hydrogen-bond acceptors (Lipinski definition) is 5. The first-order valence-electron chi connectivity index (χ1n) is 6.07. The van der Waals surface area contributed by atoms with Crippen LogP contribution in [0.5, 0.6) is 11.5 Å². The Balaban J connectivity index is 2.20. The number of aromatic nitrogens is 1. The SMILES string of the molecule is COc1ccc(NC(=O)c2ccc(C#N)nc2)c(OC)c1. The van der Waals surface area contributed by atoms with Crippen molar-refractivity contribution in [3.63, 3.8) is 0 Å². The van der Waals surface area contributed by atoms with Crippen molar-refractivity contribution in [3.8, 4) is 17.6 Å². The largest absolute Gasteiger partial charge is 0.497 e. The van der Waals surface area contributed by atoms with Gasteiger partial charge < -0.3 is 14.8 Å². The molecule has 1 N–H and O–H groups in total. The summed E-state index contributed by atoms with van der Waals surface area (Å²) in [6, 6.07) is 10.00. The molecule has 0 aliphatic rings. The third-order valence-corrected chi connectivity index (χ3v) is 2.80. The summed E-state index contributed by atoms with van der Waals surface area (Å²) >= 11 is 0. The highest BCUT2D eigenvalue weighted by Crippen LogP contribution is 2.29. The van der Waals surface area contributed by atoms with Crippen LogP contribution in [0.3, 0.4) is 0 Å². The van der Waals surface area contributed by atoms with E-state index in [1.807, 2.05) is 6.07 Å². The van der Waals surface area contributed by atoms with Crippen LogP contribution >= 0.6 is 0 Å². The number of carbonyl (C=O) groups is 1. The van der Waals surface area contributed by atoms with Crippen molar-refractivity contribution < 1.29 is 14.3 Å². The van der Waals surface area contributed by atoms with Crippen molar-refractivity contribution in [3.05, 3.63) is 47.8 Å². The summed E-state index contributed by atoms with van der Waals surface area (Å²) in [7, 11) is 3.06. The van der Waals surface area contributed by atoms with E-state index >= 15 is 0 Å². The van der Waals surface area contributed by atoms with Gasteiger partial charge in [0.1, 0.15) is 23.3 Å².